The predicted octanol–water partition coefficient (Wildman–Crippen LogP) is 2.60. The van der Waals surface area contributed by atoms with Gasteiger partial charge >= 0.3 is 0 Å². The summed E-state index contributed by atoms with van der Waals surface area (Å²) in [5, 5.41) is 3.10. The number of nitrogens with zero attached hydrogens (tertiary/aromatic N) is 3. The summed E-state index contributed by atoms with van der Waals surface area (Å²) in [6.45, 7) is 2.73. The van der Waals surface area contributed by atoms with Crippen molar-refractivity contribution in [3.8, 4) is 0 Å². The maximum Gasteiger partial charge on any atom is 0.280 e. The van der Waals surface area contributed by atoms with Crippen molar-refractivity contribution in [3.63, 3.8) is 0 Å². The van der Waals surface area contributed by atoms with E-state index in [0.717, 1.165) is 25.7 Å². The third-order valence-electron chi connectivity index (χ3n) is 6.83. The van der Waals surface area contributed by atoms with Crippen LogP contribution in [0.2, 0.25) is 0 Å². The van der Waals surface area contributed by atoms with E-state index in [9.17, 15) is 13.8 Å². The molecule has 0 bridgehead atoms. The zero-order valence-corrected chi connectivity index (χ0v) is 19.2. The summed E-state index contributed by atoms with van der Waals surface area (Å²) in [5.74, 6) is 0.890. The van der Waals surface area contributed by atoms with Gasteiger partial charge in [0.05, 0.1) is 27.9 Å². The molecule has 1 aliphatic carbocycles. The van der Waals surface area contributed by atoms with Gasteiger partial charge in [-0.3, -0.25) is 9.59 Å². The van der Waals surface area contributed by atoms with Crippen molar-refractivity contribution in [1.29, 1.82) is 0 Å². The van der Waals surface area contributed by atoms with E-state index in [1.807, 2.05) is 6.08 Å². The normalized spacial score (nSPS) is 33.5. The third kappa shape index (κ3) is 5.09. The molecule has 8 nitrogen and oxygen atoms in total. The highest BCUT2D eigenvalue weighted by molar-refractivity contribution is 7.93. The predicted molar refractivity (Wildman–Crippen MR) is 118 cm³/mol. The molecule has 3 aliphatic rings. The molecule has 4 rings (SSSR count). The molecule has 0 radical (unpaired) electrons. The largest absolute Gasteiger partial charge is 0.375 e. The zero-order valence-electron chi connectivity index (χ0n) is 18.3. The fourth-order valence-electron chi connectivity index (χ4n) is 4.71. The van der Waals surface area contributed by atoms with Crippen LogP contribution in [-0.2, 0) is 26.3 Å². The van der Waals surface area contributed by atoms with Crippen LogP contribution in [0.25, 0.3) is 0 Å². The van der Waals surface area contributed by atoms with Gasteiger partial charge in [-0.05, 0) is 50.9 Å². The van der Waals surface area contributed by atoms with Crippen LogP contribution in [0.4, 0.5) is 0 Å². The maximum absolute atomic E-state index is 13.3. The number of amides is 2. The summed E-state index contributed by atoms with van der Waals surface area (Å²) < 4.78 is 25.3. The van der Waals surface area contributed by atoms with E-state index < -0.39 is 15.3 Å². The fourth-order valence-corrected chi connectivity index (χ4v) is 6.90. The Morgan fingerprint density at radius 3 is 2.74 bits per heavy atom. The topological polar surface area (TPSA) is 103 Å². The lowest BCUT2D eigenvalue weighted by atomic mass is 9.85. The van der Waals surface area contributed by atoms with Gasteiger partial charge in [0.25, 0.3) is 11.8 Å². The van der Waals surface area contributed by atoms with Crippen molar-refractivity contribution in [3.05, 3.63) is 29.9 Å². The minimum Gasteiger partial charge on any atom is -0.375 e. The first-order chi connectivity index (χ1) is 14.8. The van der Waals surface area contributed by atoms with E-state index in [4.69, 9.17) is 4.74 Å². The summed E-state index contributed by atoms with van der Waals surface area (Å²) in [7, 11) is -0.762. The fraction of sp³-hybridized carbons (Fsp3) is 0.682. The SMILES string of the molecule is CC1CC=C(C(=O)N=S2(=O)CCC3(CC2)CC(NC(=O)c2cncn2C)CCO3)CC1. The van der Waals surface area contributed by atoms with Crippen LogP contribution >= 0.6 is 0 Å². The summed E-state index contributed by atoms with van der Waals surface area (Å²) >= 11 is 0. The first-order valence-electron chi connectivity index (χ1n) is 11.1. The second kappa shape index (κ2) is 8.86. The highest BCUT2D eigenvalue weighted by Crippen LogP contribution is 2.37. The quantitative estimate of drug-likeness (QED) is 0.766. The van der Waals surface area contributed by atoms with E-state index >= 15 is 0 Å². The Kier molecular flexibility index (Phi) is 6.35. The molecule has 2 unspecified atom stereocenters. The van der Waals surface area contributed by atoms with E-state index in [2.05, 4.69) is 21.6 Å². The van der Waals surface area contributed by atoms with Crippen LogP contribution in [-0.4, -0.2) is 55.3 Å². The molecule has 0 saturated carbocycles. The molecule has 2 atom stereocenters. The molecule has 3 heterocycles. The van der Waals surface area contributed by atoms with Crippen LogP contribution < -0.4 is 5.32 Å². The van der Waals surface area contributed by atoms with Crippen molar-refractivity contribution >= 4 is 21.5 Å². The molecule has 2 saturated heterocycles. The standard InChI is InChI=1S/C22H32N4O4S/c1-16-3-5-17(6-4-16)20(27)25-31(29)11-8-22(9-12-31)13-18(7-10-30-22)24-21(28)19-14-23-15-26(19)2/h5,14-16,18H,3-4,6-13H2,1-2H3,(H,24,28). The molecule has 2 fully saturated rings. The molecule has 1 aromatic heterocycles. The van der Waals surface area contributed by atoms with Crippen LogP contribution in [0, 0.1) is 5.92 Å². The Morgan fingerprint density at radius 1 is 1.32 bits per heavy atom. The van der Waals surface area contributed by atoms with Crippen LogP contribution in [0.5, 0.6) is 0 Å². The first-order valence-corrected chi connectivity index (χ1v) is 13.0. The Hall–Kier alpha value is -2.00. The molecule has 0 aromatic carbocycles. The van der Waals surface area contributed by atoms with E-state index in [1.165, 1.54) is 0 Å². The molecule has 9 heteroatoms. The highest BCUT2D eigenvalue weighted by atomic mass is 32.2. The van der Waals surface area contributed by atoms with Gasteiger partial charge in [-0.25, -0.2) is 9.19 Å². The van der Waals surface area contributed by atoms with Crippen LogP contribution in [0.1, 0.15) is 62.4 Å². The Morgan fingerprint density at radius 2 is 2.10 bits per heavy atom. The molecule has 1 N–H and O–H groups in total. The first kappa shape index (κ1) is 22.2. The third-order valence-corrected chi connectivity index (χ3v) is 9.01. The molecule has 1 spiro atoms. The summed E-state index contributed by atoms with van der Waals surface area (Å²) in [6, 6.07) is -0.00161. The van der Waals surface area contributed by atoms with Gasteiger partial charge in [-0.2, -0.15) is 4.36 Å². The Balaban J connectivity index is 1.37. The monoisotopic (exact) mass is 448 g/mol. The number of hydrogen-bond acceptors (Lipinski definition) is 5. The van der Waals surface area contributed by atoms with Crippen molar-refractivity contribution < 1.29 is 18.5 Å². The van der Waals surface area contributed by atoms with Gasteiger partial charge in [0.15, 0.2) is 0 Å². The van der Waals surface area contributed by atoms with Crippen molar-refractivity contribution in [2.45, 2.75) is 63.5 Å². The minimum atomic E-state index is -2.55. The van der Waals surface area contributed by atoms with Gasteiger partial charge in [-0.1, -0.05) is 13.0 Å². The number of aromatic nitrogens is 2. The molecular weight excluding hydrogens is 416 g/mol. The van der Waals surface area contributed by atoms with Gasteiger partial charge < -0.3 is 14.6 Å². The number of carbonyl (C=O) groups excluding carboxylic acids is 2. The molecule has 170 valence electrons. The number of nitrogens with one attached hydrogen (secondary N) is 1. The average molecular weight is 449 g/mol. The van der Waals surface area contributed by atoms with Gasteiger partial charge in [0, 0.05) is 36.8 Å². The number of ether oxygens (including phenoxy) is 1. The van der Waals surface area contributed by atoms with E-state index in [1.54, 1.807) is 24.1 Å². The number of allylic oxidation sites excluding steroid dienone is 1. The second-order valence-corrected chi connectivity index (χ2v) is 11.8. The summed E-state index contributed by atoms with van der Waals surface area (Å²) in [5.41, 5.74) is 0.839. The van der Waals surface area contributed by atoms with E-state index in [0.29, 0.717) is 54.6 Å². The van der Waals surface area contributed by atoms with Gasteiger partial charge in [0.1, 0.15) is 5.69 Å². The number of hydrogen-bond donors (Lipinski definition) is 1. The smallest absolute Gasteiger partial charge is 0.280 e. The van der Waals surface area contributed by atoms with Crippen molar-refractivity contribution in [2.75, 3.05) is 18.1 Å². The molecule has 1 aromatic rings. The number of imidazole rings is 1. The molecule has 2 amide bonds. The van der Waals surface area contributed by atoms with Gasteiger partial charge in [0.2, 0.25) is 0 Å². The lowest BCUT2D eigenvalue weighted by molar-refractivity contribution is -0.114. The summed E-state index contributed by atoms with van der Waals surface area (Å²) in [4.78, 5) is 29.1. The lowest BCUT2D eigenvalue weighted by Crippen LogP contribution is -2.52. The number of aryl methyl sites for hydroxylation is 1. The average Bonchev–Trinajstić information content (AvgIpc) is 3.17. The van der Waals surface area contributed by atoms with Crippen LogP contribution in [0.15, 0.2) is 28.5 Å². The van der Waals surface area contributed by atoms with Crippen molar-refractivity contribution in [2.24, 2.45) is 17.3 Å². The minimum absolute atomic E-state index is 0.00161. The number of carbonyl (C=O) groups is 2. The highest BCUT2D eigenvalue weighted by Gasteiger charge is 2.42. The van der Waals surface area contributed by atoms with Crippen molar-refractivity contribution in [1.82, 2.24) is 14.9 Å². The lowest BCUT2D eigenvalue weighted by Gasteiger charge is -2.44. The Bertz CT molecular complexity index is 991. The molecular formula is C22H32N4O4S. The van der Waals surface area contributed by atoms with Crippen LogP contribution in [0.3, 0.4) is 0 Å². The van der Waals surface area contributed by atoms with Gasteiger partial charge in [-0.15, -0.1) is 0 Å². The molecule has 31 heavy (non-hydrogen) atoms. The number of rotatable bonds is 3. The maximum atomic E-state index is 13.3. The van der Waals surface area contributed by atoms with E-state index in [-0.39, 0.29) is 17.9 Å². The molecule has 2 aliphatic heterocycles. The summed E-state index contributed by atoms with van der Waals surface area (Å²) in [6.07, 6.45) is 10.3. The Labute approximate surface area is 184 Å². The zero-order chi connectivity index (χ0) is 22.1. The second-order valence-electron chi connectivity index (χ2n) is 9.27.